The van der Waals surface area contributed by atoms with Crippen LogP contribution in [0, 0.1) is 0 Å². The summed E-state index contributed by atoms with van der Waals surface area (Å²) in [4.78, 5) is 4.52. The Balaban J connectivity index is 1.78. The lowest BCUT2D eigenvalue weighted by molar-refractivity contribution is 0.415. The molecule has 0 bridgehead atoms. The first-order valence-corrected chi connectivity index (χ1v) is 7.06. The third-order valence-electron chi connectivity index (χ3n) is 3.43. The number of aliphatic imine (C=N–C) groups is 1. The summed E-state index contributed by atoms with van der Waals surface area (Å²) in [7, 11) is 3.60. The SMILES string of the molecule is COc1cccc(C=NCc2cnn(C)c2-n2cccc2)c1. The van der Waals surface area contributed by atoms with E-state index >= 15 is 0 Å². The van der Waals surface area contributed by atoms with Crippen molar-refractivity contribution in [2.24, 2.45) is 12.0 Å². The van der Waals surface area contributed by atoms with Crippen LogP contribution >= 0.6 is 0 Å². The maximum Gasteiger partial charge on any atom is 0.139 e. The van der Waals surface area contributed by atoms with Gasteiger partial charge in [0.1, 0.15) is 11.6 Å². The number of aromatic nitrogens is 3. The summed E-state index contributed by atoms with van der Waals surface area (Å²) >= 11 is 0. The van der Waals surface area contributed by atoms with E-state index < -0.39 is 0 Å². The van der Waals surface area contributed by atoms with Gasteiger partial charge in [0.2, 0.25) is 0 Å². The van der Waals surface area contributed by atoms with Crippen LogP contribution in [0.1, 0.15) is 11.1 Å². The molecule has 0 aliphatic rings. The Hall–Kier alpha value is -2.82. The van der Waals surface area contributed by atoms with Crippen LogP contribution in [0.5, 0.6) is 5.75 Å². The van der Waals surface area contributed by atoms with Crippen LogP contribution in [0.2, 0.25) is 0 Å². The van der Waals surface area contributed by atoms with Crippen molar-refractivity contribution in [1.29, 1.82) is 0 Å². The molecule has 2 aromatic heterocycles. The van der Waals surface area contributed by atoms with Crippen molar-refractivity contribution in [3.63, 3.8) is 0 Å². The number of aryl methyl sites for hydroxylation is 1. The molecule has 0 atom stereocenters. The van der Waals surface area contributed by atoms with Crippen molar-refractivity contribution in [2.45, 2.75) is 6.54 Å². The van der Waals surface area contributed by atoms with Gasteiger partial charge in [0.05, 0.1) is 19.9 Å². The molecule has 1 aromatic carbocycles. The molecule has 3 aromatic rings. The number of nitrogens with zero attached hydrogens (tertiary/aromatic N) is 4. The van der Waals surface area contributed by atoms with Gasteiger partial charge in [-0.3, -0.25) is 9.67 Å². The Kier molecular flexibility index (Phi) is 4.05. The molecule has 5 nitrogen and oxygen atoms in total. The summed E-state index contributed by atoms with van der Waals surface area (Å²) in [6, 6.07) is 11.8. The number of hydrogen-bond acceptors (Lipinski definition) is 3. The molecule has 0 radical (unpaired) electrons. The maximum absolute atomic E-state index is 5.21. The first-order chi connectivity index (χ1) is 10.8. The molecule has 112 valence electrons. The predicted octanol–water partition coefficient (Wildman–Crippen LogP) is 2.84. The van der Waals surface area contributed by atoms with E-state index in [9.17, 15) is 0 Å². The average Bonchev–Trinajstić information content (AvgIpc) is 3.17. The molecule has 22 heavy (non-hydrogen) atoms. The lowest BCUT2D eigenvalue weighted by Gasteiger charge is -2.05. The van der Waals surface area contributed by atoms with Crippen molar-refractivity contribution in [3.8, 4) is 11.6 Å². The van der Waals surface area contributed by atoms with E-state index in [1.165, 1.54) is 0 Å². The van der Waals surface area contributed by atoms with Gasteiger partial charge in [0.15, 0.2) is 0 Å². The van der Waals surface area contributed by atoms with Crippen LogP contribution in [-0.4, -0.2) is 27.7 Å². The Morgan fingerprint density at radius 1 is 1.23 bits per heavy atom. The van der Waals surface area contributed by atoms with Gasteiger partial charge in [0, 0.05) is 31.2 Å². The molecule has 0 unspecified atom stereocenters. The molecular formula is C17H18N4O. The molecule has 0 fully saturated rings. The van der Waals surface area contributed by atoms with Crippen LogP contribution in [0.3, 0.4) is 0 Å². The Labute approximate surface area is 129 Å². The van der Waals surface area contributed by atoms with Crippen LogP contribution in [0.15, 0.2) is 60.0 Å². The number of ether oxygens (including phenoxy) is 1. The second-order valence-electron chi connectivity index (χ2n) is 4.95. The largest absolute Gasteiger partial charge is 0.497 e. The van der Waals surface area contributed by atoms with Gasteiger partial charge in [-0.25, -0.2) is 0 Å². The molecule has 0 amide bonds. The Morgan fingerprint density at radius 3 is 2.82 bits per heavy atom. The summed E-state index contributed by atoms with van der Waals surface area (Å²) in [6.45, 7) is 0.582. The first-order valence-electron chi connectivity index (χ1n) is 7.06. The number of rotatable bonds is 5. The highest BCUT2D eigenvalue weighted by Gasteiger charge is 2.08. The van der Waals surface area contributed by atoms with Crippen LogP contribution in [0.4, 0.5) is 0 Å². The number of methoxy groups -OCH3 is 1. The molecule has 2 heterocycles. The molecule has 0 spiro atoms. The number of benzene rings is 1. The van der Waals surface area contributed by atoms with Crippen molar-refractivity contribution in [2.75, 3.05) is 7.11 Å². The van der Waals surface area contributed by atoms with Crippen LogP contribution in [-0.2, 0) is 13.6 Å². The topological polar surface area (TPSA) is 44.3 Å². The predicted molar refractivity (Wildman–Crippen MR) is 86.8 cm³/mol. The second-order valence-corrected chi connectivity index (χ2v) is 4.95. The van der Waals surface area contributed by atoms with Gasteiger partial charge in [0.25, 0.3) is 0 Å². The van der Waals surface area contributed by atoms with E-state index in [4.69, 9.17) is 4.74 Å². The fourth-order valence-electron chi connectivity index (χ4n) is 2.37. The Morgan fingerprint density at radius 2 is 2.05 bits per heavy atom. The smallest absolute Gasteiger partial charge is 0.139 e. The minimum absolute atomic E-state index is 0.582. The van der Waals surface area contributed by atoms with Crippen molar-refractivity contribution < 1.29 is 4.74 Å². The average molecular weight is 294 g/mol. The standard InChI is InChI=1S/C17H18N4O/c1-20-17(21-8-3-4-9-21)15(13-19-20)12-18-11-14-6-5-7-16(10-14)22-2/h3-11,13H,12H2,1-2H3. The fraction of sp³-hybridized carbons (Fsp3) is 0.176. The van der Waals surface area contributed by atoms with Crippen molar-refractivity contribution in [1.82, 2.24) is 14.3 Å². The van der Waals surface area contributed by atoms with Gasteiger partial charge in [-0.1, -0.05) is 12.1 Å². The van der Waals surface area contributed by atoms with E-state index in [1.807, 2.05) is 77.5 Å². The highest BCUT2D eigenvalue weighted by atomic mass is 16.5. The van der Waals surface area contributed by atoms with E-state index in [0.29, 0.717) is 6.54 Å². The Bertz CT molecular complexity index is 772. The van der Waals surface area contributed by atoms with Gasteiger partial charge < -0.3 is 9.30 Å². The third-order valence-corrected chi connectivity index (χ3v) is 3.43. The lowest BCUT2D eigenvalue weighted by atomic mass is 10.2. The summed E-state index contributed by atoms with van der Waals surface area (Å²) in [5.74, 6) is 1.87. The zero-order valence-corrected chi connectivity index (χ0v) is 12.7. The molecule has 5 heteroatoms. The third kappa shape index (κ3) is 2.93. The van der Waals surface area contributed by atoms with Gasteiger partial charge in [-0.05, 0) is 29.8 Å². The van der Waals surface area contributed by atoms with Gasteiger partial charge in [-0.15, -0.1) is 0 Å². The molecule has 3 rings (SSSR count). The highest BCUT2D eigenvalue weighted by molar-refractivity contribution is 5.80. The molecule has 0 saturated heterocycles. The van der Waals surface area contributed by atoms with E-state index in [0.717, 1.165) is 22.7 Å². The lowest BCUT2D eigenvalue weighted by Crippen LogP contribution is -2.02. The molecule has 0 N–H and O–H groups in total. The minimum Gasteiger partial charge on any atom is -0.497 e. The zero-order chi connectivity index (χ0) is 15.4. The van der Waals surface area contributed by atoms with Gasteiger partial charge >= 0.3 is 0 Å². The number of hydrogen-bond donors (Lipinski definition) is 0. The normalized spacial score (nSPS) is 11.2. The molecule has 0 saturated carbocycles. The molecule has 0 aliphatic carbocycles. The van der Waals surface area contributed by atoms with Crippen LogP contribution < -0.4 is 4.74 Å². The van der Waals surface area contributed by atoms with E-state index in [-0.39, 0.29) is 0 Å². The van der Waals surface area contributed by atoms with E-state index in [1.54, 1.807) is 7.11 Å². The van der Waals surface area contributed by atoms with E-state index in [2.05, 4.69) is 10.1 Å². The van der Waals surface area contributed by atoms with Crippen molar-refractivity contribution in [3.05, 3.63) is 66.1 Å². The quantitative estimate of drug-likeness (QED) is 0.679. The summed E-state index contributed by atoms with van der Waals surface area (Å²) < 4.78 is 9.12. The fourth-order valence-corrected chi connectivity index (χ4v) is 2.37. The van der Waals surface area contributed by atoms with Crippen LogP contribution in [0.25, 0.3) is 5.82 Å². The summed E-state index contributed by atoms with van der Waals surface area (Å²) in [5, 5.41) is 4.33. The summed E-state index contributed by atoms with van der Waals surface area (Å²) in [5.41, 5.74) is 2.10. The minimum atomic E-state index is 0.582. The first kappa shape index (κ1) is 14.1. The molecule has 0 aliphatic heterocycles. The molecular weight excluding hydrogens is 276 g/mol. The van der Waals surface area contributed by atoms with Gasteiger partial charge in [-0.2, -0.15) is 5.10 Å². The zero-order valence-electron chi connectivity index (χ0n) is 12.7. The summed E-state index contributed by atoms with van der Waals surface area (Å²) in [6.07, 6.45) is 7.73. The highest BCUT2D eigenvalue weighted by Crippen LogP contribution is 2.15. The second kappa shape index (κ2) is 6.30. The monoisotopic (exact) mass is 294 g/mol. The maximum atomic E-state index is 5.21. The van der Waals surface area contributed by atoms with Crippen molar-refractivity contribution >= 4 is 6.21 Å².